The Morgan fingerprint density at radius 2 is 1.94 bits per heavy atom. The van der Waals surface area contributed by atoms with Crippen LogP contribution in [0.15, 0.2) is 40.2 Å². The second-order valence-electron chi connectivity index (χ2n) is 3.46. The van der Waals surface area contributed by atoms with Crippen LogP contribution < -0.4 is 5.32 Å². The maximum Gasteiger partial charge on any atom is 0.0516 e. The average Bonchev–Trinajstić information content (AvgIpc) is 2.67. The Labute approximate surface area is 113 Å². The van der Waals surface area contributed by atoms with E-state index >= 15 is 0 Å². The van der Waals surface area contributed by atoms with Crippen molar-refractivity contribution in [1.82, 2.24) is 5.32 Å². The van der Waals surface area contributed by atoms with Gasteiger partial charge in [0.25, 0.3) is 0 Å². The molecule has 0 spiro atoms. The van der Waals surface area contributed by atoms with Crippen molar-refractivity contribution >= 4 is 38.9 Å². The second-order valence-corrected chi connectivity index (χ2v) is 5.81. The van der Waals surface area contributed by atoms with Gasteiger partial charge in [-0.1, -0.05) is 39.7 Å². The molecule has 0 atom stereocenters. The summed E-state index contributed by atoms with van der Waals surface area (Å²) in [6.45, 7) is 1.75. The molecule has 2 rings (SSSR count). The molecule has 0 bridgehead atoms. The Kier molecular flexibility index (Phi) is 4.41. The third-order valence-corrected chi connectivity index (χ3v) is 3.98. The number of halogens is 2. The van der Waals surface area contributed by atoms with Gasteiger partial charge in [-0.2, -0.15) is 0 Å². The largest absolute Gasteiger partial charge is 0.308 e. The second kappa shape index (κ2) is 5.82. The van der Waals surface area contributed by atoms with Crippen LogP contribution in [0.25, 0.3) is 0 Å². The predicted octanol–water partition coefficient (Wildman–Crippen LogP) is 4.45. The quantitative estimate of drug-likeness (QED) is 0.878. The highest BCUT2D eigenvalue weighted by Crippen LogP contribution is 2.18. The lowest BCUT2D eigenvalue weighted by Gasteiger charge is -2.03. The summed E-state index contributed by atoms with van der Waals surface area (Å²) < 4.78 is 1.11. The van der Waals surface area contributed by atoms with Crippen LogP contribution >= 0.6 is 38.9 Å². The number of benzene rings is 1. The van der Waals surface area contributed by atoms with E-state index < -0.39 is 0 Å². The van der Waals surface area contributed by atoms with Gasteiger partial charge in [0, 0.05) is 27.8 Å². The number of rotatable bonds is 4. The van der Waals surface area contributed by atoms with Gasteiger partial charge in [0.15, 0.2) is 0 Å². The molecule has 0 aliphatic carbocycles. The van der Waals surface area contributed by atoms with Gasteiger partial charge >= 0.3 is 0 Å². The van der Waals surface area contributed by atoms with Crippen LogP contribution in [0.5, 0.6) is 0 Å². The maximum absolute atomic E-state index is 5.85. The number of hydrogen-bond acceptors (Lipinski definition) is 2. The van der Waals surface area contributed by atoms with Crippen LogP contribution in [0.4, 0.5) is 0 Å². The zero-order chi connectivity index (χ0) is 11.4. The summed E-state index contributed by atoms with van der Waals surface area (Å²) in [6, 6.07) is 10.3. The molecule has 0 saturated carbocycles. The molecule has 1 aromatic heterocycles. The van der Waals surface area contributed by atoms with E-state index in [0.717, 1.165) is 22.6 Å². The minimum atomic E-state index is 0.824. The summed E-state index contributed by atoms with van der Waals surface area (Å²) in [6.07, 6.45) is 0. The third kappa shape index (κ3) is 3.59. The van der Waals surface area contributed by atoms with Crippen molar-refractivity contribution in [3.8, 4) is 0 Å². The van der Waals surface area contributed by atoms with Crippen molar-refractivity contribution in [3.05, 3.63) is 55.6 Å². The molecule has 0 radical (unpaired) electrons. The normalized spacial score (nSPS) is 10.6. The van der Waals surface area contributed by atoms with Crippen molar-refractivity contribution in [2.45, 2.75) is 13.1 Å². The first-order valence-corrected chi connectivity index (χ1v) is 6.97. The third-order valence-electron chi connectivity index (χ3n) is 2.16. The summed E-state index contributed by atoms with van der Waals surface area (Å²) >= 11 is 11.0. The van der Waals surface area contributed by atoms with Gasteiger partial charge in [-0.25, -0.2) is 0 Å². The van der Waals surface area contributed by atoms with Gasteiger partial charge in [-0.15, -0.1) is 11.3 Å². The first-order valence-electron chi connectivity index (χ1n) is 4.92. The Bertz CT molecular complexity index is 452. The molecule has 0 saturated heterocycles. The summed E-state index contributed by atoms with van der Waals surface area (Å²) in [5.41, 5.74) is 1.28. The monoisotopic (exact) mass is 315 g/mol. The number of nitrogens with one attached hydrogen (secondary N) is 1. The topological polar surface area (TPSA) is 12.0 Å². The van der Waals surface area contributed by atoms with Gasteiger partial charge in [0.1, 0.15) is 0 Å². The molecule has 16 heavy (non-hydrogen) atoms. The van der Waals surface area contributed by atoms with Crippen LogP contribution in [0, 0.1) is 0 Å². The van der Waals surface area contributed by atoms with Gasteiger partial charge < -0.3 is 5.32 Å². The smallest absolute Gasteiger partial charge is 0.0516 e. The lowest BCUT2D eigenvalue weighted by Crippen LogP contribution is -2.11. The minimum Gasteiger partial charge on any atom is -0.308 e. The molecule has 1 heterocycles. The fourth-order valence-corrected chi connectivity index (χ4v) is 2.69. The molecule has 0 aliphatic heterocycles. The van der Waals surface area contributed by atoms with Crippen molar-refractivity contribution < 1.29 is 0 Å². The van der Waals surface area contributed by atoms with Crippen LogP contribution in [-0.2, 0) is 13.1 Å². The first kappa shape index (κ1) is 12.1. The van der Waals surface area contributed by atoms with E-state index in [-0.39, 0.29) is 0 Å². The summed E-state index contributed by atoms with van der Waals surface area (Å²) in [5.74, 6) is 0. The molecule has 4 heteroatoms. The van der Waals surface area contributed by atoms with Crippen molar-refractivity contribution in [1.29, 1.82) is 0 Å². The maximum atomic E-state index is 5.85. The summed E-state index contributed by atoms with van der Waals surface area (Å²) in [7, 11) is 0. The highest BCUT2D eigenvalue weighted by molar-refractivity contribution is 9.10. The molecule has 1 nitrogen and oxygen atoms in total. The molecule has 1 N–H and O–H groups in total. The Balaban J connectivity index is 1.82. The van der Waals surface area contributed by atoms with E-state index in [2.05, 4.69) is 45.5 Å². The average molecular weight is 317 g/mol. The molecule has 1 aromatic carbocycles. The predicted molar refractivity (Wildman–Crippen MR) is 74.0 cm³/mol. The standard InChI is InChI=1S/C12H11BrClNS/c13-10-3-1-9(2-4-10)6-15-7-12-5-11(14)8-16-12/h1-5,8,15H,6-7H2. The van der Waals surface area contributed by atoms with Crippen molar-refractivity contribution in [2.24, 2.45) is 0 Å². The lowest BCUT2D eigenvalue weighted by molar-refractivity contribution is 0.701. The highest BCUT2D eigenvalue weighted by Gasteiger charge is 1.97. The Morgan fingerprint density at radius 1 is 1.19 bits per heavy atom. The molecule has 84 valence electrons. The van der Waals surface area contributed by atoms with E-state index in [1.165, 1.54) is 10.4 Å². The van der Waals surface area contributed by atoms with E-state index in [0.29, 0.717) is 0 Å². The molecule has 0 aliphatic rings. The molecule has 2 aromatic rings. The Hall–Kier alpha value is -0.350. The van der Waals surface area contributed by atoms with Crippen LogP contribution in [0.2, 0.25) is 5.02 Å². The van der Waals surface area contributed by atoms with E-state index in [9.17, 15) is 0 Å². The molecule has 0 fully saturated rings. The van der Waals surface area contributed by atoms with Crippen LogP contribution in [0.1, 0.15) is 10.4 Å². The van der Waals surface area contributed by atoms with Gasteiger partial charge in [0.2, 0.25) is 0 Å². The van der Waals surface area contributed by atoms with E-state index in [1.807, 2.05) is 11.4 Å². The van der Waals surface area contributed by atoms with Crippen molar-refractivity contribution in [2.75, 3.05) is 0 Å². The van der Waals surface area contributed by atoms with Gasteiger partial charge in [0.05, 0.1) is 5.02 Å². The van der Waals surface area contributed by atoms with Crippen LogP contribution in [-0.4, -0.2) is 0 Å². The minimum absolute atomic E-state index is 0.824. The number of hydrogen-bond donors (Lipinski definition) is 1. The molecular formula is C12H11BrClNS. The fourth-order valence-electron chi connectivity index (χ4n) is 1.38. The summed E-state index contributed by atoms with van der Waals surface area (Å²) in [4.78, 5) is 1.27. The van der Waals surface area contributed by atoms with Crippen LogP contribution in [0.3, 0.4) is 0 Å². The molecular weight excluding hydrogens is 306 g/mol. The fraction of sp³-hybridized carbons (Fsp3) is 0.167. The highest BCUT2D eigenvalue weighted by atomic mass is 79.9. The SMILES string of the molecule is Clc1csc(CNCc2ccc(Br)cc2)c1. The zero-order valence-corrected chi connectivity index (χ0v) is 11.7. The van der Waals surface area contributed by atoms with E-state index in [4.69, 9.17) is 11.6 Å². The zero-order valence-electron chi connectivity index (χ0n) is 8.54. The van der Waals surface area contributed by atoms with E-state index in [1.54, 1.807) is 11.3 Å². The molecule has 0 amide bonds. The first-order chi connectivity index (χ1) is 7.74. The van der Waals surface area contributed by atoms with Crippen molar-refractivity contribution in [3.63, 3.8) is 0 Å². The number of thiophene rings is 1. The Morgan fingerprint density at radius 3 is 2.56 bits per heavy atom. The van der Waals surface area contributed by atoms with Gasteiger partial charge in [-0.05, 0) is 23.8 Å². The lowest BCUT2D eigenvalue weighted by atomic mass is 10.2. The van der Waals surface area contributed by atoms with Gasteiger partial charge in [-0.3, -0.25) is 0 Å². The molecule has 0 unspecified atom stereocenters. The summed E-state index contributed by atoms with van der Waals surface area (Å²) in [5, 5.41) is 6.17.